The first-order valence-electron chi connectivity index (χ1n) is 11.8. The van der Waals surface area contributed by atoms with Crippen LogP contribution in [0.3, 0.4) is 0 Å². The van der Waals surface area contributed by atoms with Gasteiger partial charge < -0.3 is 15.5 Å². The fourth-order valence-electron chi connectivity index (χ4n) is 4.92. The number of thiocarbonyl (C=S) groups is 1. The number of benzene rings is 1. The monoisotopic (exact) mass is 511 g/mol. The van der Waals surface area contributed by atoms with E-state index < -0.39 is 11.9 Å². The smallest absolute Gasteiger partial charge is 0.361 e. The van der Waals surface area contributed by atoms with Crippen molar-refractivity contribution >= 4 is 40.7 Å². The summed E-state index contributed by atoms with van der Waals surface area (Å²) in [6.07, 6.45) is 3.66. The van der Waals surface area contributed by atoms with Crippen molar-refractivity contribution in [3.63, 3.8) is 0 Å². The molecule has 4 rings (SSSR count). The minimum atomic E-state index is -4.57. The van der Waals surface area contributed by atoms with Crippen molar-refractivity contribution in [1.29, 1.82) is 0 Å². The van der Waals surface area contributed by atoms with Gasteiger partial charge in [0.05, 0.1) is 0 Å². The second kappa shape index (κ2) is 10.6. The Labute approximate surface area is 208 Å². The summed E-state index contributed by atoms with van der Waals surface area (Å²) in [5.74, 6) is 0.140. The molecule has 2 aliphatic rings. The van der Waals surface area contributed by atoms with E-state index in [1.54, 1.807) is 0 Å². The van der Waals surface area contributed by atoms with Crippen molar-refractivity contribution in [1.82, 2.24) is 15.3 Å². The van der Waals surface area contributed by atoms with Gasteiger partial charge in [0.1, 0.15) is 5.82 Å². The van der Waals surface area contributed by atoms with Crippen LogP contribution in [0, 0.1) is 0 Å². The van der Waals surface area contributed by atoms with E-state index in [9.17, 15) is 13.2 Å². The number of halogens is 4. The van der Waals surface area contributed by atoms with E-state index in [0.717, 1.165) is 57.4 Å². The number of nitrogens with one attached hydrogen (secondary N) is 2. The lowest BCUT2D eigenvalue weighted by atomic mass is 9.79. The third-order valence-electron chi connectivity index (χ3n) is 6.76. The van der Waals surface area contributed by atoms with Crippen molar-refractivity contribution in [3.05, 3.63) is 46.6 Å². The Morgan fingerprint density at radius 2 is 1.65 bits per heavy atom. The number of anilines is 2. The topological polar surface area (TPSA) is 53.1 Å². The molecule has 0 unspecified atom stereocenters. The highest BCUT2D eigenvalue weighted by molar-refractivity contribution is 7.80. The molecule has 2 heterocycles. The zero-order chi connectivity index (χ0) is 24.2. The normalized spacial score (nSPS) is 18.4. The van der Waals surface area contributed by atoms with Crippen LogP contribution in [0.15, 0.2) is 30.3 Å². The molecule has 1 aromatic heterocycles. The molecule has 0 bridgehead atoms. The molecule has 1 aromatic carbocycles. The first kappa shape index (κ1) is 25.0. The molecule has 0 spiro atoms. The van der Waals surface area contributed by atoms with Crippen molar-refractivity contribution in [2.24, 2.45) is 0 Å². The Balaban J connectivity index is 1.49. The van der Waals surface area contributed by atoms with Gasteiger partial charge in [0.25, 0.3) is 0 Å². The van der Waals surface area contributed by atoms with Crippen LogP contribution in [0.25, 0.3) is 0 Å². The summed E-state index contributed by atoms with van der Waals surface area (Å²) in [6, 6.07) is 8.87. The highest BCUT2D eigenvalue weighted by Crippen LogP contribution is 2.41. The summed E-state index contributed by atoms with van der Waals surface area (Å²) in [6.45, 7) is 1.93. The van der Waals surface area contributed by atoms with E-state index in [1.807, 2.05) is 29.2 Å². The molecule has 1 saturated carbocycles. The van der Waals surface area contributed by atoms with Gasteiger partial charge in [-0.2, -0.15) is 18.2 Å². The lowest BCUT2D eigenvalue weighted by molar-refractivity contribution is -0.141. The molecule has 5 nitrogen and oxygen atoms in total. The lowest BCUT2D eigenvalue weighted by Crippen LogP contribution is -2.41. The number of aromatic nitrogens is 2. The minimum absolute atomic E-state index is 0.0950. The maximum Gasteiger partial charge on any atom is 0.433 e. The second-order valence-corrected chi connectivity index (χ2v) is 9.98. The average molecular weight is 512 g/mol. The summed E-state index contributed by atoms with van der Waals surface area (Å²) in [7, 11) is 0. The van der Waals surface area contributed by atoms with Gasteiger partial charge in [-0.3, -0.25) is 0 Å². The lowest BCUT2D eigenvalue weighted by Gasteiger charge is -2.30. The second-order valence-electron chi connectivity index (χ2n) is 9.14. The number of rotatable bonds is 5. The van der Waals surface area contributed by atoms with Crippen LogP contribution in [-0.4, -0.2) is 34.7 Å². The molecule has 1 saturated heterocycles. The molecule has 2 N–H and O–H groups in total. The zero-order valence-electron chi connectivity index (χ0n) is 18.9. The van der Waals surface area contributed by atoms with Gasteiger partial charge in [-0.15, -0.1) is 0 Å². The zero-order valence-corrected chi connectivity index (χ0v) is 20.5. The third-order valence-corrected chi connectivity index (χ3v) is 7.26. The standard InChI is InChI=1S/C24H29ClF3N5S/c25-18-9-7-17(8-10-18)23(11-3-4-12-23)16-29-22(34)32-21-30-19(24(26,27)28)15-20(31-21)33-13-5-1-2-6-14-33/h7-10,15H,1-6,11-14,16H2,(H2,29,30,31,32,34). The van der Waals surface area contributed by atoms with Gasteiger partial charge in [0.15, 0.2) is 10.8 Å². The number of hydrogen-bond donors (Lipinski definition) is 2. The highest BCUT2D eigenvalue weighted by atomic mass is 35.5. The molecule has 0 radical (unpaired) electrons. The number of alkyl halides is 3. The van der Waals surface area contributed by atoms with Crippen molar-refractivity contribution in [2.75, 3.05) is 29.9 Å². The Morgan fingerprint density at radius 1 is 1.00 bits per heavy atom. The van der Waals surface area contributed by atoms with Gasteiger partial charge >= 0.3 is 6.18 Å². The Hall–Kier alpha value is -2.13. The summed E-state index contributed by atoms with van der Waals surface area (Å²) in [5.41, 5.74) is 0.117. The molecule has 1 aliphatic carbocycles. The van der Waals surface area contributed by atoms with Gasteiger partial charge in [0, 0.05) is 36.1 Å². The summed E-state index contributed by atoms with van der Waals surface area (Å²) >= 11 is 11.5. The molecular weight excluding hydrogens is 483 g/mol. The van der Waals surface area contributed by atoms with Crippen LogP contribution in [0.1, 0.15) is 62.6 Å². The minimum Gasteiger partial charge on any atom is -0.361 e. The predicted molar refractivity (Wildman–Crippen MR) is 134 cm³/mol. The van der Waals surface area contributed by atoms with Gasteiger partial charge in [-0.05, 0) is 55.6 Å². The Bertz CT molecular complexity index is 985. The van der Waals surface area contributed by atoms with Crippen LogP contribution in [0.5, 0.6) is 0 Å². The molecule has 10 heteroatoms. The van der Waals surface area contributed by atoms with E-state index in [-0.39, 0.29) is 22.3 Å². The first-order valence-corrected chi connectivity index (χ1v) is 12.6. The maximum atomic E-state index is 13.6. The Kier molecular flexibility index (Phi) is 7.82. The number of nitrogens with zero attached hydrogens (tertiary/aromatic N) is 3. The van der Waals surface area contributed by atoms with E-state index in [1.165, 1.54) is 5.56 Å². The van der Waals surface area contributed by atoms with E-state index in [4.69, 9.17) is 23.8 Å². The largest absolute Gasteiger partial charge is 0.433 e. The van der Waals surface area contributed by atoms with Crippen LogP contribution >= 0.6 is 23.8 Å². The summed E-state index contributed by atoms with van der Waals surface area (Å²) in [5, 5.41) is 6.90. The molecule has 2 aromatic rings. The van der Waals surface area contributed by atoms with Crippen LogP contribution in [0.2, 0.25) is 5.02 Å². The van der Waals surface area contributed by atoms with Gasteiger partial charge in [-0.1, -0.05) is 49.4 Å². The first-order chi connectivity index (χ1) is 16.2. The molecule has 1 aliphatic heterocycles. The summed E-state index contributed by atoms with van der Waals surface area (Å²) in [4.78, 5) is 9.99. The van der Waals surface area contributed by atoms with Gasteiger partial charge in [0.2, 0.25) is 5.95 Å². The molecule has 34 heavy (non-hydrogen) atoms. The van der Waals surface area contributed by atoms with Crippen molar-refractivity contribution < 1.29 is 13.2 Å². The SMILES string of the molecule is FC(F)(F)c1cc(N2CCCCCC2)nc(NC(=S)NCC2(c3ccc(Cl)cc3)CCCC2)n1. The average Bonchev–Trinajstić information content (AvgIpc) is 3.12. The molecular formula is C24H29ClF3N5S. The van der Waals surface area contributed by atoms with E-state index in [0.29, 0.717) is 24.7 Å². The fourth-order valence-corrected chi connectivity index (χ4v) is 5.20. The molecule has 184 valence electrons. The van der Waals surface area contributed by atoms with Crippen molar-refractivity contribution in [3.8, 4) is 0 Å². The number of hydrogen-bond acceptors (Lipinski definition) is 4. The van der Waals surface area contributed by atoms with Crippen LogP contribution < -0.4 is 15.5 Å². The fraction of sp³-hybridized carbons (Fsp3) is 0.542. The highest BCUT2D eigenvalue weighted by Gasteiger charge is 2.36. The third kappa shape index (κ3) is 6.10. The summed E-state index contributed by atoms with van der Waals surface area (Å²) < 4.78 is 40.7. The molecule has 0 amide bonds. The Morgan fingerprint density at radius 3 is 2.26 bits per heavy atom. The van der Waals surface area contributed by atoms with Crippen molar-refractivity contribution in [2.45, 2.75) is 63.0 Å². The quantitative estimate of drug-likeness (QED) is 0.458. The van der Waals surface area contributed by atoms with E-state index in [2.05, 4.69) is 20.6 Å². The van der Waals surface area contributed by atoms with Gasteiger partial charge in [-0.25, -0.2) is 4.98 Å². The molecule has 0 atom stereocenters. The van der Waals surface area contributed by atoms with Crippen LogP contribution in [-0.2, 0) is 11.6 Å². The predicted octanol–water partition coefficient (Wildman–Crippen LogP) is 6.33. The van der Waals surface area contributed by atoms with E-state index >= 15 is 0 Å². The maximum absolute atomic E-state index is 13.6. The molecule has 2 fully saturated rings. The van der Waals surface area contributed by atoms with Crippen LogP contribution in [0.4, 0.5) is 24.9 Å².